The minimum Gasteiger partial charge on any atom is -0.491 e. The average molecular weight is 430 g/mol. The molecule has 162 valence electrons. The molecule has 1 aromatic heterocycles. The van der Waals surface area contributed by atoms with E-state index in [-0.39, 0.29) is 23.8 Å². The van der Waals surface area contributed by atoms with Crippen LogP contribution in [0.15, 0.2) is 29.6 Å². The number of benzene rings is 1. The van der Waals surface area contributed by atoms with Crippen molar-refractivity contribution in [2.45, 2.75) is 52.6 Å². The molecule has 30 heavy (non-hydrogen) atoms. The lowest BCUT2D eigenvalue weighted by molar-refractivity contribution is -0.126. The molecular formula is C23H31N3O3S. The Bertz CT molecular complexity index is 848. The Kier molecular flexibility index (Phi) is 7.85. The Hall–Kier alpha value is -2.41. The number of carbonyl (C=O) groups is 2. The van der Waals surface area contributed by atoms with Gasteiger partial charge in [0, 0.05) is 30.6 Å². The number of carbonyl (C=O) groups excluding carboxylic acids is 2. The summed E-state index contributed by atoms with van der Waals surface area (Å²) < 4.78 is 5.68. The predicted octanol–water partition coefficient (Wildman–Crippen LogP) is 4.37. The first-order valence-electron chi connectivity index (χ1n) is 10.8. The Balaban J connectivity index is 1.62. The second kappa shape index (κ2) is 10.6. The number of thiazole rings is 1. The summed E-state index contributed by atoms with van der Waals surface area (Å²) in [4.78, 5) is 31.7. The van der Waals surface area contributed by atoms with Crippen molar-refractivity contribution in [3.8, 4) is 16.3 Å². The van der Waals surface area contributed by atoms with Crippen molar-refractivity contribution >= 4 is 23.2 Å². The van der Waals surface area contributed by atoms with Gasteiger partial charge in [0.2, 0.25) is 5.91 Å². The van der Waals surface area contributed by atoms with E-state index in [1.165, 1.54) is 11.3 Å². The van der Waals surface area contributed by atoms with Gasteiger partial charge < -0.3 is 15.0 Å². The summed E-state index contributed by atoms with van der Waals surface area (Å²) >= 11 is 1.46. The van der Waals surface area contributed by atoms with Crippen LogP contribution in [0.1, 0.15) is 56.9 Å². The highest BCUT2D eigenvalue weighted by molar-refractivity contribution is 7.13. The molecule has 1 unspecified atom stereocenters. The maximum Gasteiger partial charge on any atom is 0.273 e. The van der Waals surface area contributed by atoms with E-state index >= 15 is 0 Å². The largest absolute Gasteiger partial charge is 0.491 e. The Labute approximate surface area is 182 Å². The third kappa shape index (κ3) is 5.81. The molecule has 0 aliphatic carbocycles. The van der Waals surface area contributed by atoms with Gasteiger partial charge in [0.1, 0.15) is 16.5 Å². The van der Waals surface area contributed by atoms with E-state index in [1.54, 1.807) is 10.3 Å². The molecule has 1 atom stereocenters. The molecule has 6 nitrogen and oxygen atoms in total. The summed E-state index contributed by atoms with van der Waals surface area (Å²) in [6.45, 7) is 7.93. The number of rotatable bonds is 8. The first-order valence-corrected chi connectivity index (χ1v) is 11.7. The molecule has 1 fully saturated rings. The molecule has 0 saturated carbocycles. The second-order valence-corrected chi connectivity index (χ2v) is 8.82. The van der Waals surface area contributed by atoms with Crippen molar-refractivity contribution in [1.29, 1.82) is 0 Å². The average Bonchev–Trinajstić information content (AvgIpc) is 3.24. The Morgan fingerprint density at radius 2 is 2.07 bits per heavy atom. The molecule has 3 rings (SSSR count). The minimum atomic E-state index is -0.133. The summed E-state index contributed by atoms with van der Waals surface area (Å²) in [5, 5.41) is 5.61. The standard InChI is InChI=1S/C23H31N3O3S/c1-4-5-12-24-21(27)18-7-6-13-26(14-18)23(28)20-15-30-22(25-20)17-8-10-19(11-9-17)29-16(2)3/h8-11,15-16,18H,4-7,12-14H2,1-3H3,(H,24,27). The van der Waals surface area contributed by atoms with E-state index in [0.717, 1.165) is 42.0 Å². The summed E-state index contributed by atoms with van der Waals surface area (Å²) in [7, 11) is 0. The summed E-state index contributed by atoms with van der Waals surface area (Å²) in [6, 6.07) is 7.76. The van der Waals surface area contributed by atoms with Crippen molar-refractivity contribution in [2.24, 2.45) is 5.92 Å². The third-order valence-corrected chi connectivity index (χ3v) is 6.00. The van der Waals surface area contributed by atoms with E-state index in [4.69, 9.17) is 4.74 Å². The van der Waals surface area contributed by atoms with Gasteiger partial charge in [-0.05, 0) is 57.4 Å². The molecule has 2 amide bonds. The number of likely N-dealkylation sites (tertiary alicyclic amines) is 1. The highest BCUT2D eigenvalue weighted by Gasteiger charge is 2.29. The van der Waals surface area contributed by atoms with Crippen molar-refractivity contribution in [3.05, 3.63) is 35.3 Å². The van der Waals surface area contributed by atoms with E-state index in [1.807, 2.05) is 38.1 Å². The van der Waals surface area contributed by atoms with Crippen LogP contribution in [0, 0.1) is 5.92 Å². The highest BCUT2D eigenvalue weighted by atomic mass is 32.1. The maximum atomic E-state index is 13.0. The van der Waals surface area contributed by atoms with Crippen LogP contribution in [0.25, 0.3) is 10.6 Å². The molecule has 0 bridgehead atoms. The Morgan fingerprint density at radius 1 is 1.30 bits per heavy atom. The van der Waals surface area contributed by atoms with Crippen LogP contribution in [0.3, 0.4) is 0 Å². The lowest BCUT2D eigenvalue weighted by Gasteiger charge is -2.31. The van der Waals surface area contributed by atoms with Gasteiger partial charge in [-0.15, -0.1) is 11.3 Å². The van der Waals surface area contributed by atoms with Crippen LogP contribution >= 0.6 is 11.3 Å². The normalized spacial score (nSPS) is 16.5. The van der Waals surface area contributed by atoms with Gasteiger partial charge in [-0.1, -0.05) is 13.3 Å². The SMILES string of the molecule is CCCCNC(=O)C1CCCN(C(=O)c2csc(-c3ccc(OC(C)C)cc3)n2)C1. The second-order valence-electron chi connectivity index (χ2n) is 7.96. The van der Waals surface area contributed by atoms with Crippen LogP contribution in [0.5, 0.6) is 5.75 Å². The molecule has 2 aromatic rings. The molecule has 2 heterocycles. The fourth-order valence-corrected chi connectivity index (χ4v) is 4.32. The zero-order valence-corrected chi connectivity index (χ0v) is 18.8. The van der Waals surface area contributed by atoms with Crippen molar-refractivity contribution in [2.75, 3.05) is 19.6 Å². The first-order chi connectivity index (χ1) is 14.5. The van der Waals surface area contributed by atoms with Crippen LogP contribution in [0.2, 0.25) is 0 Å². The lowest BCUT2D eigenvalue weighted by atomic mass is 9.97. The topological polar surface area (TPSA) is 71.5 Å². The number of nitrogens with one attached hydrogen (secondary N) is 1. The van der Waals surface area contributed by atoms with E-state index in [2.05, 4.69) is 17.2 Å². The quantitative estimate of drug-likeness (QED) is 0.633. The molecular weight excluding hydrogens is 398 g/mol. The smallest absolute Gasteiger partial charge is 0.273 e. The lowest BCUT2D eigenvalue weighted by Crippen LogP contribution is -2.45. The zero-order chi connectivity index (χ0) is 21.5. The minimum absolute atomic E-state index is 0.0589. The summed E-state index contributed by atoms with van der Waals surface area (Å²) in [6.07, 6.45) is 3.82. The molecule has 0 spiro atoms. The van der Waals surface area contributed by atoms with E-state index in [0.29, 0.717) is 25.3 Å². The molecule has 1 N–H and O–H groups in total. The van der Waals surface area contributed by atoms with E-state index < -0.39 is 0 Å². The van der Waals surface area contributed by atoms with Gasteiger partial charge in [-0.25, -0.2) is 4.98 Å². The summed E-state index contributed by atoms with van der Waals surface area (Å²) in [5.41, 5.74) is 1.41. The van der Waals surface area contributed by atoms with Gasteiger partial charge >= 0.3 is 0 Å². The fourth-order valence-electron chi connectivity index (χ4n) is 3.52. The van der Waals surface area contributed by atoms with Crippen LogP contribution < -0.4 is 10.1 Å². The van der Waals surface area contributed by atoms with Crippen LogP contribution in [-0.4, -0.2) is 47.4 Å². The fraction of sp³-hybridized carbons (Fsp3) is 0.522. The number of hydrogen-bond acceptors (Lipinski definition) is 5. The van der Waals surface area contributed by atoms with Crippen LogP contribution in [0.4, 0.5) is 0 Å². The molecule has 1 aliphatic heterocycles. The third-order valence-electron chi connectivity index (χ3n) is 5.11. The van der Waals surface area contributed by atoms with Crippen molar-refractivity contribution in [1.82, 2.24) is 15.2 Å². The number of hydrogen-bond donors (Lipinski definition) is 1. The van der Waals surface area contributed by atoms with Gasteiger partial charge in [0.05, 0.1) is 12.0 Å². The molecule has 1 saturated heterocycles. The van der Waals surface area contributed by atoms with E-state index in [9.17, 15) is 9.59 Å². The number of amides is 2. The van der Waals surface area contributed by atoms with Gasteiger partial charge in [-0.3, -0.25) is 9.59 Å². The molecule has 7 heteroatoms. The van der Waals surface area contributed by atoms with Gasteiger partial charge in [0.15, 0.2) is 0 Å². The Morgan fingerprint density at radius 3 is 2.77 bits per heavy atom. The predicted molar refractivity (Wildman–Crippen MR) is 120 cm³/mol. The van der Waals surface area contributed by atoms with Crippen molar-refractivity contribution in [3.63, 3.8) is 0 Å². The number of nitrogens with zero attached hydrogens (tertiary/aromatic N) is 2. The van der Waals surface area contributed by atoms with Gasteiger partial charge in [-0.2, -0.15) is 0 Å². The number of unbranched alkanes of at least 4 members (excludes halogenated alkanes) is 1. The monoisotopic (exact) mass is 429 g/mol. The van der Waals surface area contributed by atoms with Crippen LogP contribution in [-0.2, 0) is 4.79 Å². The molecule has 1 aliphatic rings. The number of ether oxygens (including phenoxy) is 1. The number of aromatic nitrogens is 1. The number of piperidine rings is 1. The highest BCUT2D eigenvalue weighted by Crippen LogP contribution is 2.27. The zero-order valence-electron chi connectivity index (χ0n) is 18.0. The van der Waals surface area contributed by atoms with Crippen molar-refractivity contribution < 1.29 is 14.3 Å². The molecule has 1 aromatic carbocycles. The van der Waals surface area contributed by atoms with Gasteiger partial charge in [0.25, 0.3) is 5.91 Å². The first kappa shape index (κ1) is 22.3. The molecule has 0 radical (unpaired) electrons. The summed E-state index contributed by atoms with van der Waals surface area (Å²) in [5.74, 6) is 0.649. The maximum absolute atomic E-state index is 13.0.